The van der Waals surface area contributed by atoms with Gasteiger partial charge in [0.25, 0.3) is 0 Å². The van der Waals surface area contributed by atoms with Crippen molar-refractivity contribution in [3.05, 3.63) is 48.2 Å². The number of aliphatic imine (C=N–C) groups is 1. The van der Waals surface area contributed by atoms with E-state index in [4.69, 9.17) is 18.9 Å². The number of benzene rings is 1. The quantitative estimate of drug-likeness (QED) is 0.270. The van der Waals surface area contributed by atoms with Gasteiger partial charge in [0.05, 0.1) is 26.4 Å². The Kier molecular flexibility index (Phi) is 11.8. The Morgan fingerprint density at radius 1 is 1.00 bits per heavy atom. The highest BCUT2D eigenvalue weighted by molar-refractivity contribution is 5.79. The summed E-state index contributed by atoms with van der Waals surface area (Å²) in [6.45, 7) is 8.64. The summed E-state index contributed by atoms with van der Waals surface area (Å²) >= 11 is 0. The molecular formula is C23H34N4O4. The van der Waals surface area contributed by atoms with Crippen molar-refractivity contribution in [2.45, 2.75) is 26.8 Å². The van der Waals surface area contributed by atoms with Gasteiger partial charge in [0.1, 0.15) is 11.5 Å². The Bertz CT molecular complexity index is 768. The minimum absolute atomic E-state index is 0.516. The lowest BCUT2D eigenvalue weighted by Crippen LogP contribution is -2.38. The maximum Gasteiger partial charge on any atom is 0.219 e. The normalized spacial score (nSPS) is 11.3. The summed E-state index contributed by atoms with van der Waals surface area (Å²) in [6.07, 6.45) is 2.62. The molecule has 170 valence electrons. The average molecular weight is 431 g/mol. The molecule has 31 heavy (non-hydrogen) atoms. The van der Waals surface area contributed by atoms with E-state index in [1.54, 1.807) is 13.3 Å². The van der Waals surface area contributed by atoms with Gasteiger partial charge >= 0.3 is 0 Å². The van der Waals surface area contributed by atoms with Gasteiger partial charge in [-0.3, -0.25) is 0 Å². The molecule has 0 saturated heterocycles. The molecule has 1 aromatic carbocycles. The summed E-state index contributed by atoms with van der Waals surface area (Å²) in [5.41, 5.74) is 1.01. The molecule has 2 N–H and O–H groups in total. The van der Waals surface area contributed by atoms with Crippen molar-refractivity contribution in [1.82, 2.24) is 15.6 Å². The van der Waals surface area contributed by atoms with Crippen molar-refractivity contribution in [1.29, 1.82) is 0 Å². The van der Waals surface area contributed by atoms with Crippen LogP contribution in [-0.2, 0) is 16.0 Å². The fourth-order valence-corrected chi connectivity index (χ4v) is 2.63. The molecule has 0 radical (unpaired) electrons. The van der Waals surface area contributed by atoms with E-state index in [9.17, 15) is 0 Å². The molecule has 1 aromatic heterocycles. The van der Waals surface area contributed by atoms with Gasteiger partial charge in [0.2, 0.25) is 5.88 Å². The fraction of sp³-hybridized carbons (Fsp3) is 0.478. The molecule has 8 nitrogen and oxygen atoms in total. The molecule has 0 atom stereocenters. The van der Waals surface area contributed by atoms with Crippen LogP contribution >= 0.6 is 0 Å². The molecular weight excluding hydrogens is 396 g/mol. The second-order valence-electron chi connectivity index (χ2n) is 6.59. The highest BCUT2D eigenvalue weighted by Gasteiger charge is 2.03. The average Bonchev–Trinajstić information content (AvgIpc) is 2.78. The lowest BCUT2D eigenvalue weighted by atomic mass is 10.2. The van der Waals surface area contributed by atoms with Crippen molar-refractivity contribution in [3.63, 3.8) is 0 Å². The second-order valence-corrected chi connectivity index (χ2v) is 6.59. The summed E-state index contributed by atoms with van der Waals surface area (Å²) in [4.78, 5) is 8.94. The number of hydrogen-bond acceptors (Lipinski definition) is 6. The van der Waals surface area contributed by atoms with E-state index in [0.29, 0.717) is 44.6 Å². The van der Waals surface area contributed by atoms with Crippen LogP contribution in [0.4, 0.5) is 0 Å². The highest BCUT2D eigenvalue weighted by Crippen LogP contribution is 2.23. The van der Waals surface area contributed by atoms with Crippen LogP contribution in [0.3, 0.4) is 0 Å². The Hall–Kier alpha value is -2.84. The van der Waals surface area contributed by atoms with Crippen molar-refractivity contribution >= 4 is 5.96 Å². The first kappa shape index (κ1) is 24.4. The molecule has 2 rings (SSSR count). The van der Waals surface area contributed by atoms with Gasteiger partial charge in [-0.2, -0.15) is 0 Å². The monoisotopic (exact) mass is 430 g/mol. The molecule has 0 fully saturated rings. The van der Waals surface area contributed by atoms with Crippen LogP contribution in [0.5, 0.6) is 17.4 Å². The third-order valence-electron chi connectivity index (χ3n) is 4.11. The van der Waals surface area contributed by atoms with E-state index in [1.165, 1.54) is 0 Å². The Balaban J connectivity index is 1.84. The maximum absolute atomic E-state index is 5.86. The van der Waals surface area contributed by atoms with Crippen LogP contribution in [0.2, 0.25) is 0 Å². The third kappa shape index (κ3) is 10.1. The van der Waals surface area contributed by atoms with E-state index in [2.05, 4.69) is 20.6 Å². The molecule has 0 spiro atoms. The number of nitrogens with one attached hydrogen (secondary N) is 2. The molecule has 2 aromatic rings. The van der Waals surface area contributed by atoms with Crippen molar-refractivity contribution in [3.8, 4) is 17.4 Å². The van der Waals surface area contributed by atoms with E-state index >= 15 is 0 Å². The van der Waals surface area contributed by atoms with Crippen LogP contribution < -0.4 is 20.1 Å². The van der Waals surface area contributed by atoms with Crippen LogP contribution in [0, 0.1) is 0 Å². The lowest BCUT2D eigenvalue weighted by Gasteiger charge is -2.12. The third-order valence-corrected chi connectivity index (χ3v) is 4.11. The highest BCUT2D eigenvalue weighted by atomic mass is 16.5. The number of guanidine groups is 1. The number of rotatable bonds is 14. The molecule has 0 amide bonds. The zero-order chi connectivity index (χ0) is 22.2. The summed E-state index contributed by atoms with van der Waals surface area (Å²) in [6, 6.07) is 11.3. The Labute approximate surface area is 185 Å². The standard InChI is InChI=1S/C23H34N4O4/c1-4-24-23(26-12-6-14-29-16-15-28-3)27-18-19-11-13-25-22(17-19)31-21-9-7-20(8-10-21)30-5-2/h7-11,13,17H,4-6,12,14-16,18H2,1-3H3,(H2,24,26,27). The predicted octanol–water partition coefficient (Wildman–Crippen LogP) is 3.38. The number of nitrogens with zero attached hydrogens (tertiary/aromatic N) is 2. The summed E-state index contributed by atoms with van der Waals surface area (Å²) in [7, 11) is 1.67. The zero-order valence-electron chi connectivity index (χ0n) is 18.7. The van der Waals surface area contributed by atoms with E-state index in [1.807, 2.05) is 50.2 Å². The van der Waals surface area contributed by atoms with Crippen molar-refractivity contribution in [2.75, 3.05) is 46.6 Å². The van der Waals surface area contributed by atoms with Crippen LogP contribution in [0.15, 0.2) is 47.6 Å². The number of ether oxygens (including phenoxy) is 4. The molecule has 0 saturated carbocycles. The van der Waals surface area contributed by atoms with Gasteiger partial charge < -0.3 is 29.6 Å². The summed E-state index contributed by atoms with van der Waals surface area (Å²) in [5.74, 6) is 2.82. The van der Waals surface area contributed by atoms with Gasteiger partial charge in [-0.05, 0) is 56.2 Å². The van der Waals surface area contributed by atoms with Crippen molar-refractivity contribution in [2.24, 2.45) is 4.99 Å². The molecule has 0 aliphatic heterocycles. The van der Waals surface area contributed by atoms with E-state index < -0.39 is 0 Å². The topological polar surface area (TPSA) is 86.2 Å². The molecule has 0 aliphatic carbocycles. The number of methoxy groups -OCH3 is 1. The van der Waals surface area contributed by atoms with Crippen molar-refractivity contribution < 1.29 is 18.9 Å². The number of aromatic nitrogens is 1. The Morgan fingerprint density at radius 2 is 1.81 bits per heavy atom. The minimum atomic E-state index is 0.516. The molecule has 0 unspecified atom stereocenters. The minimum Gasteiger partial charge on any atom is -0.494 e. The summed E-state index contributed by atoms with van der Waals surface area (Å²) < 4.78 is 21.7. The fourth-order valence-electron chi connectivity index (χ4n) is 2.63. The molecule has 1 heterocycles. The number of pyridine rings is 1. The van der Waals surface area contributed by atoms with Crippen LogP contribution in [-0.4, -0.2) is 57.6 Å². The maximum atomic E-state index is 5.86. The predicted molar refractivity (Wildman–Crippen MR) is 122 cm³/mol. The van der Waals surface area contributed by atoms with Gasteiger partial charge in [0, 0.05) is 39.1 Å². The second kappa shape index (κ2) is 15.0. The largest absolute Gasteiger partial charge is 0.494 e. The molecule has 0 aliphatic rings. The van der Waals surface area contributed by atoms with E-state index in [0.717, 1.165) is 36.8 Å². The van der Waals surface area contributed by atoms with Gasteiger partial charge in [0.15, 0.2) is 5.96 Å². The van der Waals surface area contributed by atoms with Gasteiger partial charge in [-0.1, -0.05) is 0 Å². The Morgan fingerprint density at radius 3 is 2.55 bits per heavy atom. The van der Waals surface area contributed by atoms with Gasteiger partial charge in [-0.25, -0.2) is 9.98 Å². The SMILES string of the molecule is CCNC(=NCc1ccnc(Oc2ccc(OCC)cc2)c1)NCCCOCCOC. The molecule has 8 heteroatoms. The van der Waals surface area contributed by atoms with Crippen LogP contribution in [0.1, 0.15) is 25.8 Å². The molecule has 0 bridgehead atoms. The summed E-state index contributed by atoms with van der Waals surface area (Å²) in [5, 5.41) is 6.57. The lowest BCUT2D eigenvalue weighted by molar-refractivity contribution is 0.0698. The van der Waals surface area contributed by atoms with Gasteiger partial charge in [-0.15, -0.1) is 0 Å². The first-order chi connectivity index (χ1) is 15.2. The smallest absolute Gasteiger partial charge is 0.219 e. The van der Waals surface area contributed by atoms with Crippen LogP contribution in [0.25, 0.3) is 0 Å². The zero-order valence-corrected chi connectivity index (χ0v) is 18.7. The number of hydrogen-bond donors (Lipinski definition) is 2. The first-order valence-electron chi connectivity index (χ1n) is 10.7. The van der Waals surface area contributed by atoms with E-state index in [-0.39, 0.29) is 0 Å². The first-order valence-corrected chi connectivity index (χ1v) is 10.7.